The number of nitrogens with zero attached hydrogens (tertiary/aromatic N) is 1. The number of amides is 2. The molecule has 0 aliphatic rings. The van der Waals surface area contributed by atoms with Crippen molar-refractivity contribution in [3.8, 4) is 11.5 Å². The number of hydrogen-bond donors (Lipinski definition) is 2. The summed E-state index contributed by atoms with van der Waals surface area (Å²) in [6.07, 6.45) is 3.31. The summed E-state index contributed by atoms with van der Waals surface area (Å²) in [5.74, 6) is 0.490. The number of anilines is 1. The van der Waals surface area contributed by atoms with Crippen molar-refractivity contribution in [2.45, 2.75) is 0 Å². The smallest absolute Gasteiger partial charge is 0.252 e. The molecule has 6 heteroatoms. The highest BCUT2D eigenvalue weighted by Crippen LogP contribution is 2.29. The van der Waals surface area contributed by atoms with Gasteiger partial charge in [0.25, 0.3) is 5.91 Å². The van der Waals surface area contributed by atoms with E-state index in [4.69, 9.17) is 4.74 Å². The van der Waals surface area contributed by atoms with Gasteiger partial charge in [0.1, 0.15) is 5.75 Å². The monoisotopic (exact) mass is 397 g/mol. The first-order chi connectivity index (χ1) is 14.7. The quantitative estimate of drug-likeness (QED) is 0.505. The summed E-state index contributed by atoms with van der Waals surface area (Å²) in [4.78, 5) is 29.1. The van der Waals surface area contributed by atoms with Crippen LogP contribution in [0.4, 0.5) is 5.69 Å². The lowest BCUT2D eigenvalue weighted by Gasteiger charge is -2.13. The van der Waals surface area contributed by atoms with Gasteiger partial charge in [0.15, 0.2) is 5.75 Å². The van der Waals surface area contributed by atoms with Gasteiger partial charge in [0, 0.05) is 23.3 Å². The number of pyridine rings is 1. The number of aromatic nitrogens is 1. The molecule has 0 aliphatic carbocycles. The van der Waals surface area contributed by atoms with Gasteiger partial charge in [-0.05, 0) is 41.8 Å². The number of hydrogen-bond acceptors (Lipinski definition) is 4. The number of carbonyl (C=O) groups excluding carboxylic acids is 2. The summed E-state index contributed by atoms with van der Waals surface area (Å²) in [5, 5.41) is 7.09. The maximum Gasteiger partial charge on any atom is 0.252 e. The van der Waals surface area contributed by atoms with Crippen molar-refractivity contribution in [3.63, 3.8) is 0 Å². The van der Waals surface area contributed by atoms with Gasteiger partial charge in [-0.1, -0.05) is 42.5 Å². The Hall–Kier alpha value is -4.19. The Morgan fingerprint density at radius 3 is 2.53 bits per heavy atom. The van der Waals surface area contributed by atoms with Crippen LogP contribution in [0.15, 0.2) is 91.3 Å². The van der Waals surface area contributed by atoms with Crippen LogP contribution in [0.1, 0.15) is 10.4 Å². The van der Waals surface area contributed by atoms with Crippen LogP contribution in [0.25, 0.3) is 10.8 Å². The zero-order chi connectivity index (χ0) is 20.8. The Balaban J connectivity index is 1.41. The molecule has 0 atom stereocenters. The average molecular weight is 397 g/mol. The third-order valence-electron chi connectivity index (χ3n) is 4.47. The van der Waals surface area contributed by atoms with E-state index in [0.29, 0.717) is 22.7 Å². The molecule has 148 valence electrons. The van der Waals surface area contributed by atoms with E-state index in [1.165, 1.54) is 0 Å². The summed E-state index contributed by atoms with van der Waals surface area (Å²) < 4.78 is 5.84. The van der Waals surface area contributed by atoms with Crippen LogP contribution >= 0.6 is 0 Å². The first-order valence-electron chi connectivity index (χ1n) is 9.43. The van der Waals surface area contributed by atoms with E-state index in [9.17, 15) is 9.59 Å². The number of para-hydroxylation sites is 3. The molecule has 2 amide bonds. The summed E-state index contributed by atoms with van der Waals surface area (Å²) in [6.45, 7) is -0.171. The predicted octanol–water partition coefficient (Wildman–Crippen LogP) is 4.40. The lowest BCUT2D eigenvalue weighted by atomic mass is 10.1. The highest BCUT2D eigenvalue weighted by Gasteiger charge is 2.13. The fourth-order valence-electron chi connectivity index (χ4n) is 3.04. The molecule has 0 unspecified atom stereocenters. The molecule has 3 aromatic carbocycles. The normalized spacial score (nSPS) is 10.4. The van der Waals surface area contributed by atoms with Crippen molar-refractivity contribution in [1.82, 2.24) is 10.3 Å². The van der Waals surface area contributed by atoms with Gasteiger partial charge in [0.05, 0.1) is 12.2 Å². The van der Waals surface area contributed by atoms with E-state index in [0.717, 1.165) is 10.8 Å². The van der Waals surface area contributed by atoms with Crippen LogP contribution in [0, 0.1) is 0 Å². The number of benzene rings is 3. The Bertz CT molecular complexity index is 1190. The van der Waals surface area contributed by atoms with Crippen LogP contribution in [-0.4, -0.2) is 23.3 Å². The fourth-order valence-corrected chi connectivity index (χ4v) is 3.04. The van der Waals surface area contributed by atoms with Crippen LogP contribution in [0.2, 0.25) is 0 Å². The highest BCUT2D eigenvalue weighted by molar-refractivity contribution is 6.08. The van der Waals surface area contributed by atoms with E-state index in [1.54, 1.807) is 42.7 Å². The minimum atomic E-state index is -0.356. The zero-order valence-corrected chi connectivity index (χ0v) is 16.0. The predicted molar refractivity (Wildman–Crippen MR) is 116 cm³/mol. The zero-order valence-electron chi connectivity index (χ0n) is 16.0. The molecular weight excluding hydrogens is 378 g/mol. The fraction of sp³-hybridized carbons (Fsp3) is 0.0417. The molecule has 1 heterocycles. The first kappa shape index (κ1) is 19.1. The van der Waals surface area contributed by atoms with Gasteiger partial charge in [-0.3, -0.25) is 14.6 Å². The minimum Gasteiger partial charge on any atom is -0.455 e. The van der Waals surface area contributed by atoms with Gasteiger partial charge in [0.2, 0.25) is 5.91 Å². The molecule has 6 nitrogen and oxygen atoms in total. The second-order valence-corrected chi connectivity index (χ2v) is 6.54. The van der Waals surface area contributed by atoms with Crippen LogP contribution in [-0.2, 0) is 4.79 Å². The maximum absolute atomic E-state index is 12.6. The molecule has 4 aromatic rings. The topological polar surface area (TPSA) is 80.3 Å². The number of rotatable bonds is 6. The third-order valence-corrected chi connectivity index (χ3v) is 4.47. The van der Waals surface area contributed by atoms with E-state index < -0.39 is 0 Å². The van der Waals surface area contributed by atoms with Crippen molar-refractivity contribution in [1.29, 1.82) is 0 Å². The van der Waals surface area contributed by atoms with Crippen LogP contribution < -0.4 is 15.4 Å². The lowest BCUT2D eigenvalue weighted by molar-refractivity contribution is -0.115. The van der Waals surface area contributed by atoms with Crippen molar-refractivity contribution in [2.24, 2.45) is 0 Å². The molecule has 2 N–H and O–H groups in total. The highest BCUT2D eigenvalue weighted by atomic mass is 16.5. The molecule has 4 rings (SSSR count). The summed E-state index contributed by atoms with van der Waals surface area (Å²) in [7, 11) is 0. The van der Waals surface area contributed by atoms with E-state index in [2.05, 4.69) is 15.6 Å². The maximum atomic E-state index is 12.6. The molecular formula is C24H19N3O3. The van der Waals surface area contributed by atoms with Gasteiger partial charge in [-0.25, -0.2) is 0 Å². The number of carbonyl (C=O) groups is 2. The number of ether oxygens (including phenoxy) is 1. The van der Waals surface area contributed by atoms with Gasteiger partial charge in [-0.2, -0.15) is 0 Å². The largest absolute Gasteiger partial charge is 0.455 e. The van der Waals surface area contributed by atoms with Gasteiger partial charge < -0.3 is 15.4 Å². The second kappa shape index (κ2) is 8.87. The summed E-state index contributed by atoms with van der Waals surface area (Å²) >= 11 is 0. The number of fused-ring (bicyclic) bond motifs is 1. The molecule has 0 aliphatic heterocycles. The Morgan fingerprint density at radius 1 is 0.867 bits per heavy atom. The standard InChI is InChI=1S/C24H19N3O3/c28-23(16-26-24(29)19-10-6-7-17-13-14-25-15-20(17)19)27-21-11-4-5-12-22(21)30-18-8-2-1-3-9-18/h1-15H,16H2,(H,26,29)(H,27,28). The Labute approximate surface area is 173 Å². The molecule has 0 bridgehead atoms. The number of nitrogens with one attached hydrogen (secondary N) is 2. The molecule has 0 saturated carbocycles. The van der Waals surface area contributed by atoms with E-state index in [-0.39, 0.29) is 18.4 Å². The van der Waals surface area contributed by atoms with Gasteiger partial charge >= 0.3 is 0 Å². The molecule has 0 spiro atoms. The third kappa shape index (κ3) is 4.44. The molecule has 0 radical (unpaired) electrons. The second-order valence-electron chi connectivity index (χ2n) is 6.54. The Morgan fingerprint density at radius 2 is 1.67 bits per heavy atom. The summed E-state index contributed by atoms with van der Waals surface area (Å²) in [5.41, 5.74) is 0.996. The minimum absolute atomic E-state index is 0.171. The van der Waals surface area contributed by atoms with Crippen LogP contribution in [0.3, 0.4) is 0 Å². The molecule has 1 aromatic heterocycles. The molecule has 30 heavy (non-hydrogen) atoms. The molecule has 0 fully saturated rings. The van der Waals surface area contributed by atoms with E-state index >= 15 is 0 Å². The van der Waals surface area contributed by atoms with Crippen molar-refractivity contribution >= 4 is 28.3 Å². The van der Waals surface area contributed by atoms with E-state index in [1.807, 2.05) is 48.5 Å². The lowest BCUT2D eigenvalue weighted by Crippen LogP contribution is -2.33. The van der Waals surface area contributed by atoms with Crippen LogP contribution in [0.5, 0.6) is 11.5 Å². The molecule has 0 saturated heterocycles. The average Bonchev–Trinajstić information content (AvgIpc) is 2.79. The SMILES string of the molecule is O=C(CNC(=O)c1cccc2ccncc12)Nc1ccccc1Oc1ccccc1. The van der Waals surface area contributed by atoms with Crippen molar-refractivity contribution in [3.05, 3.63) is 96.8 Å². The Kier molecular flexibility index (Phi) is 5.66. The van der Waals surface area contributed by atoms with Gasteiger partial charge in [-0.15, -0.1) is 0 Å². The van der Waals surface area contributed by atoms with Crippen molar-refractivity contribution < 1.29 is 14.3 Å². The first-order valence-corrected chi connectivity index (χ1v) is 9.43. The van der Waals surface area contributed by atoms with Crippen molar-refractivity contribution in [2.75, 3.05) is 11.9 Å². The summed E-state index contributed by atoms with van der Waals surface area (Å²) in [6, 6.07) is 23.7.